The molecule has 0 aliphatic carbocycles. The summed E-state index contributed by atoms with van der Waals surface area (Å²) >= 11 is 6.88. The average Bonchev–Trinajstić information content (AvgIpc) is 3.43. The van der Waals surface area contributed by atoms with Gasteiger partial charge in [0, 0.05) is 74.1 Å². The summed E-state index contributed by atoms with van der Waals surface area (Å²) in [4.78, 5) is 33.5. The molecule has 5 aromatic rings. The van der Waals surface area contributed by atoms with Crippen molar-refractivity contribution < 1.29 is 9.53 Å². The summed E-state index contributed by atoms with van der Waals surface area (Å²) < 4.78 is 8.08. The molecule has 4 aromatic heterocycles. The Balaban J connectivity index is 1.69. The van der Waals surface area contributed by atoms with E-state index in [9.17, 15) is 4.79 Å². The fourth-order valence-electron chi connectivity index (χ4n) is 5.16. The molecule has 3 N–H and O–H groups in total. The summed E-state index contributed by atoms with van der Waals surface area (Å²) in [6.45, 7) is 6.25. The number of carbonyl (C=O) groups is 1. The maximum absolute atomic E-state index is 12.7. The Morgan fingerprint density at radius 3 is 2.47 bits per heavy atom. The van der Waals surface area contributed by atoms with Crippen molar-refractivity contribution in [3.63, 3.8) is 0 Å². The summed E-state index contributed by atoms with van der Waals surface area (Å²) in [5.74, 6) is 1.00. The number of rotatable bonds is 8. The standard InChI is InChI=1S/C32H35ClN10O2/c1-8-45-28-22(12-23(33)17(2)25(28)19-9-10-24(37-15-19)30(35)41(4)5)18(3)43-31-26(29(34)38-16-39-31)27(40-43)20-11-21(14-36-13-20)32(44)42(6)7/h9-16,18,35H,8H2,1-7H3,(H2,34,38,39). The van der Waals surface area contributed by atoms with Gasteiger partial charge in [-0.15, -0.1) is 0 Å². The number of halogens is 1. The van der Waals surface area contributed by atoms with Crippen LogP contribution in [0.1, 0.15) is 47.1 Å². The van der Waals surface area contributed by atoms with Crippen molar-refractivity contribution in [2.75, 3.05) is 40.5 Å². The highest BCUT2D eigenvalue weighted by atomic mass is 35.5. The molecule has 12 nitrogen and oxygen atoms in total. The van der Waals surface area contributed by atoms with Gasteiger partial charge >= 0.3 is 0 Å². The van der Waals surface area contributed by atoms with Gasteiger partial charge in [0.05, 0.1) is 23.6 Å². The van der Waals surface area contributed by atoms with Crippen molar-refractivity contribution >= 4 is 40.2 Å². The van der Waals surface area contributed by atoms with Crippen LogP contribution in [0, 0.1) is 12.3 Å². The molecule has 0 spiro atoms. The van der Waals surface area contributed by atoms with E-state index in [1.807, 2.05) is 39.0 Å². The predicted molar refractivity (Wildman–Crippen MR) is 176 cm³/mol. The van der Waals surface area contributed by atoms with Gasteiger partial charge in [-0.1, -0.05) is 17.7 Å². The van der Waals surface area contributed by atoms with Gasteiger partial charge in [0.1, 0.15) is 35.1 Å². The van der Waals surface area contributed by atoms with Gasteiger partial charge in [0.2, 0.25) is 0 Å². The Labute approximate surface area is 266 Å². The molecular formula is C32H35ClN10O2. The maximum Gasteiger partial charge on any atom is 0.254 e. The third-order valence-electron chi connectivity index (χ3n) is 7.54. The second-order valence-electron chi connectivity index (χ2n) is 11.0. The molecule has 0 fully saturated rings. The summed E-state index contributed by atoms with van der Waals surface area (Å²) in [6, 6.07) is 6.92. The molecule has 0 aliphatic rings. The molecule has 0 saturated heterocycles. The van der Waals surface area contributed by atoms with Crippen molar-refractivity contribution in [1.82, 2.24) is 39.5 Å². The predicted octanol–water partition coefficient (Wildman–Crippen LogP) is 5.09. The first-order valence-corrected chi connectivity index (χ1v) is 14.7. The van der Waals surface area contributed by atoms with Crippen LogP contribution in [0.2, 0.25) is 5.02 Å². The normalized spacial score (nSPS) is 11.8. The number of hydrogen-bond donors (Lipinski definition) is 2. The third kappa shape index (κ3) is 5.76. The van der Waals surface area contributed by atoms with Crippen LogP contribution in [0.3, 0.4) is 0 Å². The Morgan fingerprint density at radius 2 is 1.82 bits per heavy atom. The van der Waals surface area contributed by atoms with E-state index in [2.05, 4.69) is 19.9 Å². The van der Waals surface area contributed by atoms with Crippen LogP contribution in [0.15, 0.2) is 49.2 Å². The van der Waals surface area contributed by atoms with Crippen LogP contribution < -0.4 is 10.5 Å². The molecule has 0 bridgehead atoms. The summed E-state index contributed by atoms with van der Waals surface area (Å²) in [6.07, 6.45) is 6.27. The Morgan fingerprint density at radius 1 is 1.07 bits per heavy atom. The van der Waals surface area contributed by atoms with E-state index in [-0.39, 0.29) is 11.7 Å². The van der Waals surface area contributed by atoms with Gasteiger partial charge < -0.3 is 20.3 Å². The molecule has 0 saturated carbocycles. The van der Waals surface area contributed by atoms with Crippen LogP contribution in [-0.2, 0) is 0 Å². The molecule has 1 atom stereocenters. The summed E-state index contributed by atoms with van der Waals surface area (Å²) in [7, 11) is 6.98. The number of amides is 1. The van der Waals surface area contributed by atoms with Gasteiger partial charge in [0.25, 0.3) is 5.91 Å². The van der Waals surface area contributed by atoms with E-state index >= 15 is 0 Å². The summed E-state index contributed by atoms with van der Waals surface area (Å²) in [5.41, 5.74) is 12.2. The van der Waals surface area contributed by atoms with E-state index in [4.69, 9.17) is 32.6 Å². The first-order chi connectivity index (χ1) is 21.4. The second-order valence-corrected chi connectivity index (χ2v) is 11.4. The number of ether oxygens (including phenoxy) is 1. The van der Waals surface area contributed by atoms with Crippen LogP contribution in [0.4, 0.5) is 5.82 Å². The quantitative estimate of drug-likeness (QED) is 0.177. The van der Waals surface area contributed by atoms with Gasteiger partial charge in [-0.3, -0.25) is 20.2 Å². The number of nitrogens with two attached hydrogens (primary N) is 1. The van der Waals surface area contributed by atoms with Crippen LogP contribution in [0.5, 0.6) is 5.75 Å². The zero-order chi connectivity index (χ0) is 32.6. The lowest BCUT2D eigenvalue weighted by Crippen LogP contribution is -2.22. The lowest BCUT2D eigenvalue weighted by atomic mass is 9.94. The topological polar surface area (TPSA) is 152 Å². The molecule has 1 aromatic carbocycles. The van der Waals surface area contributed by atoms with Gasteiger partial charge in [-0.25, -0.2) is 14.6 Å². The van der Waals surface area contributed by atoms with E-state index < -0.39 is 6.04 Å². The number of nitrogen functional groups attached to an aromatic ring is 1. The average molecular weight is 627 g/mol. The molecular weight excluding hydrogens is 592 g/mol. The molecule has 1 amide bonds. The Hall–Kier alpha value is -5.10. The fourth-order valence-corrected chi connectivity index (χ4v) is 5.37. The second kappa shape index (κ2) is 12.5. The monoisotopic (exact) mass is 626 g/mol. The number of hydrogen-bond acceptors (Lipinski definition) is 9. The number of nitrogens with one attached hydrogen (secondary N) is 1. The number of aromatic nitrogens is 6. The number of nitrogens with zero attached hydrogens (tertiary/aromatic N) is 8. The minimum absolute atomic E-state index is 0.185. The first kappa shape index (κ1) is 31.3. The zero-order valence-electron chi connectivity index (χ0n) is 26.3. The number of carbonyl (C=O) groups excluding carboxylic acids is 1. The van der Waals surface area contributed by atoms with Gasteiger partial charge in [-0.2, -0.15) is 5.10 Å². The Bertz CT molecular complexity index is 1920. The van der Waals surface area contributed by atoms with Crippen LogP contribution in [0.25, 0.3) is 33.4 Å². The highest BCUT2D eigenvalue weighted by Gasteiger charge is 2.27. The number of pyridine rings is 2. The lowest BCUT2D eigenvalue weighted by Gasteiger charge is -2.23. The van der Waals surface area contributed by atoms with Crippen LogP contribution >= 0.6 is 11.6 Å². The Kier molecular flexibility index (Phi) is 8.69. The number of benzene rings is 1. The molecule has 1 unspecified atom stereocenters. The minimum Gasteiger partial charge on any atom is -0.493 e. The highest BCUT2D eigenvalue weighted by molar-refractivity contribution is 6.32. The number of fused-ring (bicyclic) bond motifs is 1. The highest BCUT2D eigenvalue weighted by Crippen LogP contribution is 2.44. The molecule has 5 rings (SSSR count). The van der Waals surface area contributed by atoms with E-state index in [0.29, 0.717) is 56.8 Å². The smallest absolute Gasteiger partial charge is 0.254 e. The SMILES string of the molecule is CCOc1c(C(C)n2nc(-c3cncc(C(=O)N(C)C)c3)c3c(N)ncnc32)cc(Cl)c(C)c1-c1ccc(C(=N)N(C)C)nc1. The summed E-state index contributed by atoms with van der Waals surface area (Å²) in [5, 5.41) is 14.4. The van der Waals surface area contributed by atoms with Crippen molar-refractivity contribution in [3.8, 4) is 28.1 Å². The molecule has 13 heteroatoms. The van der Waals surface area contributed by atoms with Crippen molar-refractivity contribution in [2.45, 2.75) is 26.8 Å². The molecule has 4 heterocycles. The van der Waals surface area contributed by atoms with E-state index in [0.717, 1.165) is 22.3 Å². The minimum atomic E-state index is -0.428. The van der Waals surface area contributed by atoms with Crippen molar-refractivity contribution in [1.29, 1.82) is 5.41 Å². The molecule has 0 aliphatic heterocycles. The van der Waals surface area contributed by atoms with Crippen molar-refractivity contribution in [3.05, 3.63) is 76.6 Å². The first-order valence-electron chi connectivity index (χ1n) is 14.3. The largest absolute Gasteiger partial charge is 0.493 e. The van der Waals surface area contributed by atoms with E-state index in [1.54, 1.807) is 56.2 Å². The lowest BCUT2D eigenvalue weighted by molar-refractivity contribution is 0.0827. The fraction of sp³-hybridized carbons (Fsp3) is 0.281. The number of amidine groups is 1. The van der Waals surface area contributed by atoms with E-state index in [1.165, 1.54) is 17.4 Å². The molecule has 232 valence electrons. The van der Waals surface area contributed by atoms with Crippen LogP contribution in [-0.4, -0.2) is 86.1 Å². The third-order valence-corrected chi connectivity index (χ3v) is 7.93. The maximum atomic E-state index is 12.7. The van der Waals surface area contributed by atoms with Gasteiger partial charge in [-0.05, 0) is 44.5 Å². The molecule has 0 radical (unpaired) electrons. The van der Waals surface area contributed by atoms with Crippen molar-refractivity contribution in [2.24, 2.45) is 0 Å². The zero-order valence-corrected chi connectivity index (χ0v) is 27.0. The number of anilines is 1. The van der Waals surface area contributed by atoms with Gasteiger partial charge in [0.15, 0.2) is 5.65 Å². The molecule has 45 heavy (non-hydrogen) atoms.